The average Bonchev–Trinajstić information content (AvgIpc) is 2.79. The van der Waals surface area contributed by atoms with Gasteiger partial charge in [0.2, 0.25) is 0 Å². The van der Waals surface area contributed by atoms with Gasteiger partial charge in [-0.1, -0.05) is 6.07 Å². The Balaban J connectivity index is 2.06. The lowest BCUT2D eigenvalue weighted by molar-refractivity contribution is 0.288. The number of hydrogen-bond donors (Lipinski definition) is 1. The van der Waals surface area contributed by atoms with Crippen LogP contribution in [0.5, 0.6) is 5.75 Å². The molecule has 2 heterocycles. The van der Waals surface area contributed by atoms with Crippen LogP contribution in [-0.4, -0.2) is 16.4 Å². The minimum absolute atomic E-state index is 0.499. The van der Waals surface area contributed by atoms with E-state index in [1.54, 1.807) is 0 Å². The number of nitrogens with zero attached hydrogens (tertiary/aromatic N) is 2. The van der Waals surface area contributed by atoms with Crippen LogP contribution in [0, 0.1) is 0 Å². The van der Waals surface area contributed by atoms with Crippen molar-refractivity contribution in [2.24, 2.45) is 12.8 Å². The van der Waals surface area contributed by atoms with Gasteiger partial charge in [0, 0.05) is 19.2 Å². The van der Waals surface area contributed by atoms with E-state index in [1.165, 1.54) is 11.1 Å². The predicted molar refractivity (Wildman–Crippen MR) is 70.4 cm³/mol. The molecule has 94 valence electrons. The van der Waals surface area contributed by atoms with E-state index in [-0.39, 0.29) is 0 Å². The molecule has 0 radical (unpaired) electrons. The Morgan fingerprint density at radius 1 is 1.44 bits per heavy atom. The number of benzene rings is 1. The zero-order chi connectivity index (χ0) is 12.5. The highest BCUT2D eigenvalue weighted by atomic mass is 16.5. The third-order valence-electron chi connectivity index (χ3n) is 3.47. The first-order chi connectivity index (χ1) is 8.79. The van der Waals surface area contributed by atoms with Gasteiger partial charge in [-0.3, -0.25) is 4.68 Å². The van der Waals surface area contributed by atoms with Crippen molar-refractivity contribution < 1.29 is 4.74 Å². The Morgan fingerprint density at radius 3 is 3.17 bits per heavy atom. The maximum absolute atomic E-state index is 5.79. The number of fused-ring (bicyclic) bond motifs is 1. The molecule has 0 amide bonds. The summed E-state index contributed by atoms with van der Waals surface area (Å²) in [6, 6.07) is 6.34. The summed E-state index contributed by atoms with van der Waals surface area (Å²) in [6.07, 6.45) is 4.06. The van der Waals surface area contributed by atoms with Crippen LogP contribution in [0.25, 0.3) is 11.1 Å². The third-order valence-corrected chi connectivity index (χ3v) is 3.47. The summed E-state index contributed by atoms with van der Waals surface area (Å²) in [6.45, 7) is 1.33. The highest BCUT2D eigenvalue weighted by Gasteiger charge is 2.14. The van der Waals surface area contributed by atoms with Crippen molar-refractivity contribution in [2.75, 3.05) is 6.61 Å². The van der Waals surface area contributed by atoms with Crippen molar-refractivity contribution >= 4 is 0 Å². The molecule has 3 rings (SSSR count). The highest BCUT2D eigenvalue weighted by Crippen LogP contribution is 2.31. The summed E-state index contributed by atoms with van der Waals surface area (Å²) in [5, 5.41) is 4.28. The standard InChI is InChI=1S/C14H17N3O/c1-17-13(8-15)12(9-16-17)10-4-5-14-11(7-10)3-2-6-18-14/h4-5,7,9H,2-3,6,8,15H2,1H3. The van der Waals surface area contributed by atoms with E-state index in [0.29, 0.717) is 6.54 Å². The van der Waals surface area contributed by atoms with E-state index in [4.69, 9.17) is 10.5 Å². The molecule has 0 aliphatic carbocycles. The highest BCUT2D eigenvalue weighted by molar-refractivity contribution is 5.67. The first-order valence-corrected chi connectivity index (χ1v) is 6.26. The maximum atomic E-state index is 5.79. The van der Waals surface area contributed by atoms with Crippen LogP contribution >= 0.6 is 0 Å². The molecule has 1 aliphatic rings. The van der Waals surface area contributed by atoms with Crippen molar-refractivity contribution in [1.82, 2.24) is 9.78 Å². The minimum Gasteiger partial charge on any atom is -0.493 e. The molecule has 0 spiro atoms. The van der Waals surface area contributed by atoms with Gasteiger partial charge < -0.3 is 10.5 Å². The van der Waals surface area contributed by atoms with Gasteiger partial charge in [0.1, 0.15) is 5.75 Å². The normalized spacial score (nSPS) is 14.1. The smallest absolute Gasteiger partial charge is 0.122 e. The Bertz CT molecular complexity index is 574. The van der Waals surface area contributed by atoms with Crippen molar-refractivity contribution in [3.63, 3.8) is 0 Å². The van der Waals surface area contributed by atoms with Gasteiger partial charge in [-0.15, -0.1) is 0 Å². The van der Waals surface area contributed by atoms with E-state index in [0.717, 1.165) is 36.5 Å². The summed E-state index contributed by atoms with van der Waals surface area (Å²) in [4.78, 5) is 0. The minimum atomic E-state index is 0.499. The number of ether oxygens (including phenoxy) is 1. The molecule has 1 aromatic carbocycles. The van der Waals surface area contributed by atoms with E-state index >= 15 is 0 Å². The van der Waals surface area contributed by atoms with Gasteiger partial charge >= 0.3 is 0 Å². The molecule has 18 heavy (non-hydrogen) atoms. The Labute approximate surface area is 106 Å². The van der Waals surface area contributed by atoms with Crippen LogP contribution in [-0.2, 0) is 20.0 Å². The lowest BCUT2D eigenvalue weighted by atomic mass is 9.99. The summed E-state index contributed by atoms with van der Waals surface area (Å²) >= 11 is 0. The first kappa shape index (κ1) is 11.3. The number of aryl methyl sites for hydroxylation is 2. The quantitative estimate of drug-likeness (QED) is 0.876. The van der Waals surface area contributed by atoms with E-state index in [2.05, 4.69) is 23.3 Å². The third kappa shape index (κ3) is 1.78. The second-order valence-electron chi connectivity index (χ2n) is 4.61. The molecule has 1 aliphatic heterocycles. The van der Waals surface area contributed by atoms with Gasteiger partial charge in [-0.25, -0.2) is 0 Å². The molecular formula is C14H17N3O. The molecule has 0 saturated carbocycles. The molecule has 0 atom stereocenters. The topological polar surface area (TPSA) is 53.1 Å². The molecule has 4 nitrogen and oxygen atoms in total. The number of aromatic nitrogens is 2. The molecular weight excluding hydrogens is 226 g/mol. The molecule has 0 fully saturated rings. The van der Waals surface area contributed by atoms with Crippen LogP contribution in [0.4, 0.5) is 0 Å². The lowest BCUT2D eigenvalue weighted by Crippen LogP contribution is -2.08. The Kier molecular flexibility index (Phi) is 2.80. The van der Waals surface area contributed by atoms with Crippen LogP contribution in [0.15, 0.2) is 24.4 Å². The zero-order valence-corrected chi connectivity index (χ0v) is 10.5. The zero-order valence-electron chi connectivity index (χ0n) is 10.5. The fourth-order valence-electron chi connectivity index (χ4n) is 2.47. The molecule has 2 N–H and O–H groups in total. The summed E-state index contributed by atoms with van der Waals surface area (Å²) < 4.78 is 7.47. The van der Waals surface area contributed by atoms with E-state index in [9.17, 15) is 0 Å². The summed E-state index contributed by atoms with van der Waals surface area (Å²) in [5.41, 5.74) is 10.4. The van der Waals surface area contributed by atoms with Crippen molar-refractivity contribution in [3.05, 3.63) is 35.7 Å². The van der Waals surface area contributed by atoms with E-state index < -0.39 is 0 Å². The Hall–Kier alpha value is -1.81. The molecule has 2 aromatic rings. The Morgan fingerprint density at radius 2 is 2.33 bits per heavy atom. The molecule has 0 bridgehead atoms. The number of nitrogens with two attached hydrogens (primary N) is 1. The fourth-order valence-corrected chi connectivity index (χ4v) is 2.47. The van der Waals surface area contributed by atoms with Gasteiger partial charge in [0.15, 0.2) is 0 Å². The van der Waals surface area contributed by atoms with Gasteiger partial charge in [-0.05, 0) is 36.1 Å². The maximum Gasteiger partial charge on any atom is 0.122 e. The van der Waals surface area contributed by atoms with Gasteiger partial charge in [0.05, 0.1) is 18.5 Å². The monoisotopic (exact) mass is 243 g/mol. The van der Waals surface area contributed by atoms with Crippen LogP contribution in [0.1, 0.15) is 17.7 Å². The van der Waals surface area contributed by atoms with Crippen LogP contribution < -0.4 is 10.5 Å². The predicted octanol–water partition coefficient (Wildman–Crippen LogP) is 1.87. The second-order valence-corrected chi connectivity index (χ2v) is 4.61. The van der Waals surface area contributed by atoms with E-state index in [1.807, 2.05) is 17.9 Å². The molecule has 0 unspecified atom stereocenters. The second kappa shape index (κ2) is 4.46. The van der Waals surface area contributed by atoms with Gasteiger partial charge in [-0.2, -0.15) is 5.10 Å². The summed E-state index contributed by atoms with van der Waals surface area (Å²) in [7, 11) is 1.92. The van der Waals surface area contributed by atoms with Crippen LogP contribution in [0.2, 0.25) is 0 Å². The fraction of sp³-hybridized carbons (Fsp3) is 0.357. The first-order valence-electron chi connectivity index (χ1n) is 6.26. The average molecular weight is 243 g/mol. The molecule has 0 saturated heterocycles. The van der Waals surface area contributed by atoms with Crippen LogP contribution in [0.3, 0.4) is 0 Å². The summed E-state index contributed by atoms with van der Waals surface area (Å²) in [5.74, 6) is 1.02. The van der Waals surface area contributed by atoms with Crippen molar-refractivity contribution in [3.8, 4) is 16.9 Å². The number of hydrogen-bond acceptors (Lipinski definition) is 3. The SMILES string of the molecule is Cn1ncc(-c2ccc3c(c2)CCCO3)c1CN. The lowest BCUT2D eigenvalue weighted by Gasteiger charge is -2.17. The van der Waals surface area contributed by atoms with Gasteiger partial charge in [0.25, 0.3) is 0 Å². The largest absolute Gasteiger partial charge is 0.493 e. The molecule has 1 aromatic heterocycles. The number of rotatable bonds is 2. The molecule has 4 heteroatoms. The van der Waals surface area contributed by atoms with Crippen molar-refractivity contribution in [1.29, 1.82) is 0 Å². The van der Waals surface area contributed by atoms with Crippen molar-refractivity contribution in [2.45, 2.75) is 19.4 Å².